The van der Waals surface area contributed by atoms with Crippen LogP contribution in [-0.4, -0.2) is 72.6 Å². The number of carbonyl (C=O) groups excluding carboxylic acids is 1. The first-order valence-electron chi connectivity index (χ1n) is 16.1. The molecule has 0 spiro atoms. The van der Waals surface area contributed by atoms with Gasteiger partial charge in [0.25, 0.3) is 0 Å². The van der Waals surface area contributed by atoms with Crippen molar-refractivity contribution in [2.45, 2.75) is 102 Å². The molecule has 5 heterocycles. The Morgan fingerprint density at radius 2 is 1.80 bits per heavy atom. The van der Waals surface area contributed by atoms with Crippen molar-refractivity contribution < 1.29 is 39.6 Å². The van der Waals surface area contributed by atoms with Crippen LogP contribution in [0.1, 0.15) is 73.1 Å². The molecular formula is C33H46N4O8S. The van der Waals surface area contributed by atoms with E-state index >= 15 is 0 Å². The number of thiol groups is 1. The Morgan fingerprint density at radius 3 is 2.41 bits per heavy atom. The Balaban J connectivity index is 1.51. The fourth-order valence-electron chi connectivity index (χ4n) is 7.93. The summed E-state index contributed by atoms with van der Waals surface area (Å²) in [5.41, 5.74) is 3.98. The SMILES string of the molecule is CCC1C(=O)NC(=C\C2=C(C)C(CCC(=O)O)[C@@]3(/C=C4\NC([C@H](S)C5NC(O)[C@H](C)[C@H]5CC)C(C)=C4CCC(=O)O)ON23)/C1=C\O. The minimum atomic E-state index is -1.03. The molecule has 46 heavy (non-hydrogen) atoms. The van der Waals surface area contributed by atoms with E-state index in [1.54, 1.807) is 11.1 Å². The third-order valence-electron chi connectivity index (χ3n) is 10.6. The first-order chi connectivity index (χ1) is 21.8. The summed E-state index contributed by atoms with van der Waals surface area (Å²) in [6.07, 6.45) is 5.77. The molecular weight excluding hydrogens is 612 g/mol. The van der Waals surface area contributed by atoms with Gasteiger partial charge in [-0.25, -0.2) is 9.90 Å². The van der Waals surface area contributed by atoms with Crippen molar-refractivity contribution in [1.29, 1.82) is 0 Å². The molecule has 5 aliphatic rings. The van der Waals surface area contributed by atoms with Gasteiger partial charge in [0.1, 0.15) is 6.23 Å². The van der Waals surface area contributed by atoms with Crippen LogP contribution in [0.2, 0.25) is 0 Å². The number of nitrogens with one attached hydrogen (secondary N) is 3. The average molecular weight is 659 g/mol. The van der Waals surface area contributed by atoms with Gasteiger partial charge < -0.3 is 31.1 Å². The Hall–Kier alpha value is -3.26. The molecule has 0 bridgehead atoms. The minimum absolute atomic E-state index is 0.0534. The van der Waals surface area contributed by atoms with E-state index in [0.717, 1.165) is 29.4 Å². The number of amides is 1. The minimum Gasteiger partial charge on any atom is -0.515 e. The van der Waals surface area contributed by atoms with Crippen LogP contribution in [0, 0.1) is 23.7 Å². The molecule has 3 saturated heterocycles. The molecule has 0 aromatic rings. The van der Waals surface area contributed by atoms with Crippen molar-refractivity contribution in [3.05, 3.63) is 57.8 Å². The summed E-state index contributed by atoms with van der Waals surface area (Å²) in [5, 5.41) is 50.9. The van der Waals surface area contributed by atoms with Crippen LogP contribution in [-0.2, 0) is 19.2 Å². The quantitative estimate of drug-likeness (QED) is 0.0873. The predicted molar refractivity (Wildman–Crippen MR) is 173 cm³/mol. The first-order valence-corrected chi connectivity index (χ1v) is 16.6. The van der Waals surface area contributed by atoms with Crippen LogP contribution in [0.3, 0.4) is 0 Å². The second kappa shape index (κ2) is 13.1. The highest BCUT2D eigenvalue weighted by atomic mass is 32.1. The molecule has 0 aliphatic carbocycles. The van der Waals surface area contributed by atoms with E-state index in [-0.39, 0.29) is 66.7 Å². The van der Waals surface area contributed by atoms with Crippen LogP contribution in [0.15, 0.2) is 57.8 Å². The number of allylic oxidation sites excluding steroid dienone is 3. The lowest BCUT2D eigenvalue weighted by Crippen LogP contribution is -2.48. The fourth-order valence-corrected chi connectivity index (χ4v) is 8.54. The van der Waals surface area contributed by atoms with Gasteiger partial charge in [-0.1, -0.05) is 27.2 Å². The van der Waals surface area contributed by atoms with Crippen molar-refractivity contribution in [3.8, 4) is 0 Å². The Bertz CT molecular complexity index is 1450. The zero-order chi connectivity index (χ0) is 33.7. The molecule has 3 fully saturated rings. The van der Waals surface area contributed by atoms with Gasteiger partial charge in [-0.3, -0.25) is 19.7 Å². The smallest absolute Gasteiger partial charge is 0.303 e. The third-order valence-corrected chi connectivity index (χ3v) is 11.2. The second-order valence-electron chi connectivity index (χ2n) is 13.1. The summed E-state index contributed by atoms with van der Waals surface area (Å²) in [6.45, 7) is 9.88. The zero-order valence-electron chi connectivity index (χ0n) is 26.9. The summed E-state index contributed by atoms with van der Waals surface area (Å²) < 4.78 is 0. The van der Waals surface area contributed by atoms with Gasteiger partial charge in [-0.05, 0) is 73.8 Å². The number of aliphatic hydroxyl groups excluding tert-OH is 2. The molecule has 0 radical (unpaired) electrons. The number of rotatable bonds is 12. The van der Waals surface area contributed by atoms with E-state index in [4.69, 9.17) is 17.5 Å². The molecule has 1 amide bonds. The third kappa shape index (κ3) is 5.86. The van der Waals surface area contributed by atoms with Crippen molar-refractivity contribution in [2.75, 3.05) is 0 Å². The van der Waals surface area contributed by atoms with E-state index in [9.17, 15) is 34.8 Å². The summed E-state index contributed by atoms with van der Waals surface area (Å²) in [5.74, 6) is -2.64. The monoisotopic (exact) mass is 658 g/mol. The summed E-state index contributed by atoms with van der Waals surface area (Å²) in [6, 6.07) is -0.338. The molecule has 5 unspecified atom stereocenters. The second-order valence-corrected chi connectivity index (χ2v) is 13.7. The van der Waals surface area contributed by atoms with E-state index in [2.05, 4.69) is 22.9 Å². The Morgan fingerprint density at radius 1 is 1.11 bits per heavy atom. The topological polar surface area (TPSA) is 184 Å². The molecule has 9 atom stereocenters. The molecule has 0 saturated carbocycles. The van der Waals surface area contributed by atoms with E-state index in [0.29, 0.717) is 29.1 Å². The molecule has 7 N–H and O–H groups in total. The normalized spacial score (nSPS) is 37.0. The maximum atomic E-state index is 12.6. The summed E-state index contributed by atoms with van der Waals surface area (Å²) in [7, 11) is 0. The highest BCUT2D eigenvalue weighted by Crippen LogP contribution is 2.58. The highest BCUT2D eigenvalue weighted by molar-refractivity contribution is 7.81. The molecule has 5 aliphatic heterocycles. The van der Waals surface area contributed by atoms with Gasteiger partial charge in [0.05, 0.1) is 23.9 Å². The van der Waals surface area contributed by atoms with E-state index < -0.39 is 29.8 Å². The number of hydroxylamine groups is 2. The highest BCUT2D eigenvalue weighted by Gasteiger charge is 2.66. The van der Waals surface area contributed by atoms with Crippen molar-refractivity contribution >= 4 is 30.5 Å². The lowest BCUT2D eigenvalue weighted by molar-refractivity contribution is -0.138. The largest absolute Gasteiger partial charge is 0.515 e. The summed E-state index contributed by atoms with van der Waals surface area (Å²) in [4.78, 5) is 42.2. The summed E-state index contributed by atoms with van der Waals surface area (Å²) >= 11 is 5.05. The Kier molecular flexibility index (Phi) is 9.70. The molecule has 12 nitrogen and oxygen atoms in total. The average Bonchev–Trinajstić information content (AvgIpc) is 3.20. The van der Waals surface area contributed by atoms with Crippen LogP contribution in [0.5, 0.6) is 0 Å². The number of carbonyl (C=O) groups is 3. The van der Waals surface area contributed by atoms with Crippen LogP contribution in [0.4, 0.5) is 0 Å². The predicted octanol–water partition coefficient (Wildman–Crippen LogP) is 3.47. The van der Waals surface area contributed by atoms with Gasteiger partial charge in [0, 0.05) is 47.0 Å². The van der Waals surface area contributed by atoms with Gasteiger partial charge in [0.15, 0.2) is 0 Å². The maximum Gasteiger partial charge on any atom is 0.303 e. The first kappa shape index (κ1) is 34.1. The number of carboxylic acid groups (broad SMARTS) is 2. The standard InChI is InChI=1S/C33H46N4O8S/c1-6-18-16(4)31(43)36-29(18)30(46)28-15(3)20(8-10-26(39)40)24(34-28)13-33-22(9-11-27(41)42)17(5)25(37(33)45-33)12-23-21(14-38)19(7-2)32(44)35-23/h12-14,16,18-19,22,28-31,34,36,38,43,46H,6-11H2,1-5H3,(H,35,44)(H,39,40)(H,41,42)/b21-14-,23-12-,24-13-/t16-,18-,19?,22?,28?,29?,30+,31?,33-,37?/m1/s1. The molecule has 252 valence electrons. The zero-order valence-corrected chi connectivity index (χ0v) is 27.8. The molecule has 0 aromatic heterocycles. The van der Waals surface area contributed by atoms with Gasteiger partial charge in [-0.15, -0.1) is 0 Å². The number of hydrogen-bond acceptors (Lipinski definition) is 10. The van der Waals surface area contributed by atoms with Crippen molar-refractivity contribution in [1.82, 2.24) is 21.0 Å². The molecule has 5 rings (SSSR count). The maximum absolute atomic E-state index is 12.6. The number of carboxylic acids is 2. The van der Waals surface area contributed by atoms with Gasteiger partial charge in [-0.2, -0.15) is 12.6 Å². The molecule has 13 heteroatoms. The Labute approximate surface area is 274 Å². The number of aliphatic carboxylic acids is 2. The number of hydrogen-bond donors (Lipinski definition) is 8. The fraction of sp³-hybridized carbons (Fsp3) is 0.606. The van der Waals surface area contributed by atoms with Gasteiger partial charge in [0.2, 0.25) is 11.6 Å². The van der Waals surface area contributed by atoms with Crippen molar-refractivity contribution in [3.63, 3.8) is 0 Å². The van der Waals surface area contributed by atoms with Crippen LogP contribution < -0.4 is 16.0 Å². The van der Waals surface area contributed by atoms with Crippen LogP contribution in [0.25, 0.3) is 0 Å². The number of nitrogens with zero attached hydrogens (tertiary/aromatic N) is 1. The van der Waals surface area contributed by atoms with E-state index in [1.807, 2.05) is 33.8 Å². The number of fused-ring (bicyclic) bond motifs is 1. The van der Waals surface area contributed by atoms with Crippen LogP contribution >= 0.6 is 12.6 Å². The number of aliphatic hydroxyl groups is 2. The lowest BCUT2D eigenvalue weighted by Gasteiger charge is -2.31. The van der Waals surface area contributed by atoms with E-state index in [1.165, 1.54) is 0 Å². The van der Waals surface area contributed by atoms with Crippen molar-refractivity contribution in [2.24, 2.45) is 23.7 Å². The van der Waals surface area contributed by atoms with Gasteiger partial charge >= 0.3 is 11.9 Å². The lowest BCUT2D eigenvalue weighted by atomic mass is 9.84. The molecule has 0 aromatic carbocycles.